The van der Waals surface area contributed by atoms with E-state index in [0.29, 0.717) is 18.1 Å². The van der Waals surface area contributed by atoms with Crippen LogP contribution in [-0.2, 0) is 9.59 Å². The normalized spacial score (nSPS) is 19.7. The molecule has 1 N–H and O–H groups in total. The number of carbonyl (C=O) groups is 2. The maximum atomic E-state index is 12.6. The van der Waals surface area contributed by atoms with Gasteiger partial charge < -0.3 is 5.32 Å². The third-order valence-electron chi connectivity index (χ3n) is 5.94. The summed E-state index contributed by atoms with van der Waals surface area (Å²) in [7, 11) is 0. The number of hydrogen-bond donors (Lipinski definition) is 1. The van der Waals surface area contributed by atoms with Gasteiger partial charge in [0.25, 0.3) is 0 Å². The van der Waals surface area contributed by atoms with Gasteiger partial charge in [-0.05, 0) is 37.5 Å². The minimum atomic E-state index is -0.128. The van der Waals surface area contributed by atoms with Crippen LogP contribution in [0.4, 0.5) is 11.4 Å². The van der Waals surface area contributed by atoms with Crippen LogP contribution in [-0.4, -0.2) is 17.6 Å². The molecule has 152 valence electrons. The fraction of sp³-hybridized carbons (Fsp3) is 0.417. The van der Waals surface area contributed by atoms with Crippen molar-refractivity contribution in [1.29, 1.82) is 0 Å². The van der Waals surface area contributed by atoms with Crippen molar-refractivity contribution in [3.63, 3.8) is 0 Å². The molecule has 0 unspecified atom stereocenters. The first-order valence-corrected chi connectivity index (χ1v) is 11.6. The maximum Gasteiger partial charge on any atom is 0.238 e. The number of rotatable bonds is 6. The fourth-order valence-corrected chi connectivity index (χ4v) is 5.52. The van der Waals surface area contributed by atoms with E-state index in [1.54, 1.807) is 11.8 Å². The summed E-state index contributed by atoms with van der Waals surface area (Å²) in [4.78, 5) is 27.1. The molecule has 2 aromatic rings. The van der Waals surface area contributed by atoms with Gasteiger partial charge in [-0.15, -0.1) is 11.8 Å². The summed E-state index contributed by atoms with van der Waals surface area (Å²) in [5.74, 6) is 1.32. The summed E-state index contributed by atoms with van der Waals surface area (Å²) in [6.07, 6.45) is 6.66. The summed E-state index contributed by atoms with van der Waals surface area (Å²) in [6, 6.07) is 15.9. The molecule has 2 fully saturated rings. The predicted octanol–water partition coefficient (Wildman–Crippen LogP) is 5.68. The van der Waals surface area contributed by atoms with Gasteiger partial charge in [0.1, 0.15) is 5.37 Å². The van der Waals surface area contributed by atoms with Gasteiger partial charge in [-0.3, -0.25) is 14.5 Å². The number of carbonyl (C=O) groups excluding carboxylic acids is 2. The quantitative estimate of drug-likeness (QED) is 0.669. The molecule has 1 atom stereocenters. The second kappa shape index (κ2) is 9.04. The minimum absolute atomic E-state index is 0.0700. The number of thioether (sulfide) groups is 1. The monoisotopic (exact) mass is 408 g/mol. The molecule has 1 aliphatic carbocycles. The third kappa shape index (κ3) is 4.67. The molecule has 1 aliphatic heterocycles. The van der Waals surface area contributed by atoms with E-state index in [1.165, 1.54) is 31.2 Å². The Morgan fingerprint density at radius 1 is 1.10 bits per heavy atom. The zero-order valence-corrected chi connectivity index (χ0v) is 17.7. The zero-order chi connectivity index (χ0) is 20.2. The van der Waals surface area contributed by atoms with Crippen LogP contribution in [0.5, 0.6) is 0 Å². The molecular formula is C24H28N2O2S. The molecule has 2 aliphatic rings. The van der Waals surface area contributed by atoms with Crippen LogP contribution in [0.3, 0.4) is 0 Å². The standard InChI is InChI=1S/C24H28N2O2S/c1-17-10-13-19(14-11-17)26-23(28)16-29-24(26)20-8-4-5-9-21(20)25-22(27)15-12-18-6-2-3-7-18/h4-5,8-11,13-14,18,24H,2-3,6-7,12,15-16H2,1H3,(H,25,27)/t24-/m0/s1. The lowest BCUT2D eigenvalue weighted by Crippen LogP contribution is -2.28. The Morgan fingerprint density at radius 3 is 2.59 bits per heavy atom. The molecule has 0 spiro atoms. The Bertz CT molecular complexity index is 875. The topological polar surface area (TPSA) is 49.4 Å². The number of amides is 2. The summed E-state index contributed by atoms with van der Waals surface area (Å²) in [6.45, 7) is 2.04. The van der Waals surface area contributed by atoms with Gasteiger partial charge in [0, 0.05) is 23.4 Å². The van der Waals surface area contributed by atoms with E-state index in [0.717, 1.165) is 23.4 Å². The Kier molecular flexibility index (Phi) is 6.24. The van der Waals surface area contributed by atoms with Crippen LogP contribution in [0, 0.1) is 12.8 Å². The van der Waals surface area contributed by atoms with Gasteiger partial charge in [0.05, 0.1) is 5.75 Å². The highest BCUT2D eigenvalue weighted by Gasteiger charge is 2.35. The Labute approximate surface area is 177 Å². The van der Waals surface area contributed by atoms with Gasteiger partial charge >= 0.3 is 0 Å². The van der Waals surface area contributed by atoms with E-state index in [1.807, 2.05) is 60.4 Å². The molecule has 2 aromatic carbocycles. The molecule has 0 bridgehead atoms. The van der Waals surface area contributed by atoms with Crippen molar-refractivity contribution in [3.8, 4) is 0 Å². The van der Waals surface area contributed by atoms with E-state index < -0.39 is 0 Å². The lowest BCUT2D eigenvalue weighted by atomic mass is 10.0. The largest absolute Gasteiger partial charge is 0.326 e. The Hall–Kier alpha value is -2.27. The van der Waals surface area contributed by atoms with Crippen LogP contribution in [0.25, 0.3) is 0 Å². The van der Waals surface area contributed by atoms with Crippen LogP contribution in [0.1, 0.15) is 55.0 Å². The molecule has 2 amide bonds. The van der Waals surface area contributed by atoms with Gasteiger partial charge in [0.15, 0.2) is 0 Å². The Balaban J connectivity index is 1.51. The van der Waals surface area contributed by atoms with Crippen LogP contribution in [0.2, 0.25) is 0 Å². The van der Waals surface area contributed by atoms with E-state index in [-0.39, 0.29) is 17.2 Å². The van der Waals surface area contributed by atoms with Crippen molar-refractivity contribution in [2.75, 3.05) is 16.0 Å². The number of aryl methyl sites for hydroxylation is 1. The molecule has 5 heteroatoms. The highest BCUT2D eigenvalue weighted by Crippen LogP contribution is 2.44. The van der Waals surface area contributed by atoms with Crippen molar-refractivity contribution in [1.82, 2.24) is 0 Å². The van der Waals surface area contributed by atoms with Crippen molar-refractivity contribution in [3.05, 3.63) is 59.7 Å². The summed E-state index contributed by atoms with van der Waals surface area (Å²) < 4.78 is 0. The van der Waals surface area contributed by atoms with Gasteiger partial charge in [-0.1, -0.05) is 61.6 Å². The van der Waals surface area contributed by atoms with Crippen molar-refractivity contribution in [2.45, 2.75) is 50.8 Å². The third-order valence-corrected chi connectivity index (χ3v) is 7.13. The summed E-state index contributed by atoms with van der Waals surface area (Å²) in [5, 5.41) is 2.99. The second-order valence-electron chi connectivity index (χ2n) is 8.09. The van der Waals surface area contributed by atoms with Crippen LogP contribution >= 0.6 is 11.8 Å². The number of nitrogens with zero attached hydrogens (tertiary/aromatic N) is 1. The first kappa shape index (κ1) is 20.0. The first-order valence-electron chi connectivity index (χ1n) is 10.5. The molecule has 4 rings (SSSR count). The summed E-state index contributed by atoms with van der Waals surface area (Å²) >= 11 is 1.61. The highest BCUT2D eigenvalue weighted by atomic mass is 32.2. The van der Waals surface area contributed by atoms with E-state index in [4.69, 9.17) is 0 Å². The lowest BCUT2D eigenvalue weighted by Gasteiger charge is -2.26. The van der Waals surface area contributed by atoms with Crippen molar-refractivity contribution >= 4 is 35.0 Å². The van der Waals surface area contributed by atoms with Crippen LogP contribution < -0.4 is 10.2 Å². The molecule has 4 nitrogen and oxygen atoms in total. The molecule has 0 aromatic heterocycles. The van der Waals surface area contributed by atoms with Crippen LogP contribution in [0.15, 0.2) is 48.5 Å². The van der Waals surface area contributed by atoms with E-state index in [2.05, 4.69) is 5.32 Å². The molecule has 0 radical (unpaired) electrons. The number of nitrogens with one attached hydrogen (secondary N) is 1. The second-order valence-corrected chi connectivity index (χ2v) is 9.16. The lowest BCUT2D eigenvalue weighted by molar-refractivity contribution is -0.117. The molecular weight excluding hydrogens is 380 g/mol. The average molecular weight is 409 g/mol. The van der Waals surface area contributed by atoms with Gasteiger partial charge in [-0.2, -0.15) is 0 Å². The highest BCUT2D eigenvalue weighted by molar-refractivity contribution is 8.00. The smallest absolute Gasteiger partial charge is 0.238 e. The SMILES string of the molecule is Cc1ccc(N2C(=O)CS[C@H]2c2ccccc2NC(=O)CCC2CCCC2)cc1. The maximum absolute atomic E-state index is 12.6. The molecule has 1 saturated heterocycles. The predicted molar refractivity (Wildman–Crippen MR) is 120 cm³/mol. The molecule has 1 saturated carbocycles. The minimum Gasteiger partial charge on any atom is -0.326 e. The number of para-hydroxylation sites is 1. The number of hydrogen-bond acceptors (Lipinski definition) is 3. The number of anilines is 2. The fourth-order valence-electron chi connectivity index (χ4n) is 4.31. The van der Waals surface area contributed by atoms with E-state index in [9.17, 15) is 9.59 Å². The molecule has 1 heterocycles. The zero-order valence-electron chi connectivity index (χ0n) is 16.9. The number of benzene rings is 2. The Morgan fingerprint density at radius 2 is 1.83 bits per heavy atom. The summed E-state index contributed by atoms with van der Waals surface area (Å²) in [5.41, 5.74) is 3.86. The van der Waals surface area contributed by atoms with Gasteiger partial charge in [0.2, 0.25) is 11.8 Å². The van der Waals surface area contributed by atoms with Gasteiger partial charge in [-0.25, -0.2) is 0 Å². The van der Waals surface area contributed by atoms with E-state index >= 15 is 0 Å². The first-order chi connectivity index (χ1) is 14.1. The average Bonchev–Trinajstić information content (AvgIpc) is 3.37. The molecule has 29 heavy (non-hydrogen) atoms. The van der Waals surface area contributed by atoms with Crippen molar-refractivity contribution in [2.24, 2.45) is 5.92 Å². The van der Waals surface area contributed by atoms with Crippen molar-refractivity contribution < 1.29 is 9.59 Å².